The van der Waals surface area contributed by atoms with Crippen molar-refractivity contribution in [2.24, 2.45) is 0 Å². The SMILES string of the molecule is O=S(=O)(OOB(O)O)C(F)(F)F. The van der Waals surface area contributed by atoms with E-state index in [1.807, 2.05) is 0 Å². The Morgan fingerprint density at radius 1 is 1.25 bits per heavy atom. The summed E-state index contributed by atoms with van der Waals surface area (Å²) in [5.41, 5.74) is -5.66. The predicted octanol–water partition coefficient (Wildman–Crippen LogP) is -1.25. The standard InChI is InChI=1S/CH2BF3O6S/c3-1(4,5)12(8,9)11-10-2(6)7/h6-7H. The fourth-order valence-electron chi connectivity index (χ4n) is 0.125. The minimum atomic E-state index is -5.94. The Morgan fingerprint density at radius 3 is 1.92 bits per heavy atom. The minimum absolute atomic E-state index is 2.70. The summed E-state index contributed by atoms with van der Waals surface area (Å²) in [7, 11) is -8.70. The molecule has 0 atom stereocenters. The van der Waals surface area contributed by atoms with Gasteiger partial charge in [-0.2, -0.15) is 21.6 Å². The summed E-state index contributed by atoms with van der Waals surface area (Å²) in [5.74, 6) is 0. The smallest absolute Gasteiger partial charge is 0.400 e. The number of rotatable bonds is 3. The van der Waals surface area contributed by atoms with Crippen molar-refractivity contribution in [1.82, 2.24) is 0 Å². The molecule has 0 fully saturated rings. The van der Waals surface area contributed by atoms with Crippen LogP contribution in [0.5, 0.6) is 0 Å². The van der Waals surface area contributed by atoms with Crippen molar-refractivity contribution in [3.05, 3.63) is 0 Å². The van der Waals surface area contributed by atoms with Crippen molar-refractivity contribution in [1.29, 1.82) is 0 Å². The maximum Gasteiger partial charge on any atom is 0.663 e. The van der Waals surface area contributed by atoms with Gasteiger partial charge in [-0.05, 0) is 0 Å². The van der Waals surface area contributed by atoms with E-state index in [1.165, 1.54) is 0 Å². The van der Waals surface area contributed by atoms with Crippen molar-refractivity contribution >= 4 is 17.4 Å². The largest absolute Gasteiger partial charge is 0.663 e. The molecule has 0 aliphatic heterocycles. The lowest BCUT2D eigenvalue weighted by Crippen LogP contribution is -2.29. The number of hydrogen-bond acceptors (Lipinski definition) is 6. The van der Waals surface area contributed by atoms with Crippen LogP contribution in [0.3, 0.4) is 0 Å². The molecule has 0 radical (unpaired) electrons. The Labute approximate surface area is 64.7 Å². The Morgan fingerprint density at radius 2 is 1.67 bits per heavy atom. The summed E-state index contributed by atoms with van der Waals surface area (Å²) in [5, 5.41) is 15.5. The first-order chi connectivity index (χ1) is 5.17. The highest BCUT2D eigenvalue weighted by molar-refractivity contribution is 7.87. The van der Waals surface area contributed by atoms with Crippen LogP contribution in [0.2, 0.25) is 0 Å². The Bertz CT molecular complexity index is 230. The van der Waals surface area contributed by atoms with Crippen LogP contribution in [0.25, 0.3) is 0 Å². The molecule has 0 unspecified atom stereocenters. The predicted molar refractivity (Wildman–Crippen MR) is 27.3 cm³/mol. The van der Waals surface area contributed by atoms with Crippen LogP contribution in [0.15, 0.2) is 0 Å². The van der Waals surface area contributed by atoms with Crippen LogP contribution in [0, 0.1) is 0 Å². The fraction of sp³-hybridized carbons (Fsp3) is 1.00. The van der Waals surface area contributed by atoms with E-state index in [0.717, 1.165) is 0 Å². The van der Waals surface area contributed by atoms with Crippen LogP contribution < -0.4 is 0 Å². The van der Waals surface area contributed by atoms with Gasteiger partial charge in [-0.1, -0.05) is 0 Å². The van der Waals surface area contributed by atoms with E-state index in [-0.39, 0.29) is 0 Å². The molecule has 0 heterocycles. The molecule has 0 aliphatic carbocycles. The summed E-state index contributed by atoms with van der Waals surface area (Å²) in [6.45, 7) is 0. The Balaban J connectivity index is 4.27. The third kappa shape index (κ3) is 3.36. The monoisotopic (exact) mass is 210 g/mol. The van der Waals surface area contributed by atoms with E-state index in [1.54, 1.807) is 0 Å². The van der Waals surface area contributed by atoms with E-state index < -0.39 is 22.9 Å². The Kier molecular flexibility index (Phi) is 3.47. The van der Waals surface area contributed by atoms with Crippen molar-refractivity contribution in [3.63, 3.8) is 0 Å². The van der Waals surface area contributed by atoms with Crippen LogP contribution >= 0.6 is 0 Å². The van der Waals surface area contributed by atoms with E-state index in [0.29, 0.717) is 0 Å². The number of alkyl halides is 3. The van der Waals surface area contributed by atoms with Crippen LogP contribution in [-0.4, -0.2) is 31.3 Å². The molecule has 0 saturated carbocycles. The maximum absolute atomic E-state index is 11.3. The van der Waals surface area contributed by atoms with E-state index in [2.05, 4.69) is 9.14 Å². The first kappa shape index (κ1) is 11.6. The molecular formula is CH2BF3O6S. The quantitative estimate of drug-likeness (QED) is 0.261. The molecule has 11 heteroatoms. The maximum atomic E-state index is 11.3. The molecule has 0 rings (SSSR count). The number of hydrogen-bond donors (Lipinski definition) is 2. The van der Waals surface area contributed by atoms with Gasteiger partial charge in [0.2, 0.25) is 0 Å². The van der Waals surface area contributed by atoms with Gasteiger partial charge < -0.3 is 10.0 Å². The molecular weight excluding hydrogens is 208 g/mol. The highest BCUT2D eigenvalue weighted by Crippen LogP contribution is 2.24. The summed E-state index contributed by atoms with van der Waals surface area (Å²) in [6, 6.07) is 0. The van der Waals surface area contributed by atoms with Gasteiger partial charge in [0.05, 0.1) is 0 Å². The van der Waals surface area contributed by atoms with Gasteiger partial charge in [-0.3, -0.25) is 0 Å². The van der Waals surface area contributed by atoms with Crippen LogP contribution in [-0.2, 0) is 19.3 Å². The first-order valence-electron chi connectivity index (χ1n) is 2.19. The van der Waals surface area contributed by atoms with E-state index in [4.69, 9.17) is 10.0 Å². The van der Waals surface area contributed by atoms with E-state index >= 15 is 0 Å². The highest BCUT2D eigenvalue weighted by Gasteiger charge is 2.49. The lowest BCUT2D eigenvalue weighted by Gasteiger charge is -2.05. The van der Waals surface area contributed by atoms with Gasteiger partial charge in [-0.15, -0.1) is 4.33 Å². The van der Waals surface area contributed by atoms with Crippen molar-refractivity contribution in [3.8, 4) is 0 Å². The zero-order valence-electron chi connectivity index (χ0n) is 5.15. The zero-order chi connectivity index (χ0) is 9.99. The van der Waals surface area contributed by atoms with Crippen molar-refractivity contribution in [2.75, 3.05) is 0 Å². The lowest BCUT2D eigenvalue weighted by molar-refractivity contribution is -0.155. The molecule has 0 aromatic rings. The Hall–Kier alpha value is -0.355. The normalized spacial score (nSPS) is 13.1. The topological polar surface area (TPSA) is 93.1 Å². The fourth-order valence-corrected chi connectivity index (χ4v) is 0.376. The van der Waals surface area contributed by atoms with Crippen molar-refractivity contribution in [2.45, 2.75) is 5.51 Å². The zero-order valence-corrected chi connectivity index (χ0v) is 5.96. The molecule has 0 amide bonds. The van der Waals surface area contributed by atoms with Gasteiger partial charge >= 0.3 is 22.9 Å². The lowest BCUT2D eigenvalue weighted by atomic mass is 10.3. The molecule has 0 aromatic heterocycles. The van der Waals surface area contributed by atoms with Gasteiger partial charge in [-0.25, -0.2) is 4.81 Å². The molecule has 0 aromatic carbocycles. The molecule has 12 heavy (non-hydrogen) atoms. The minimum Gasteiger partial charge on any atom is -0.400 e. The molecule has 2 N–H and O–H groups in total. The third-order valence-electron chi connectivity index (χ3n) is 0.498. The van der Waals surface area contributed by atoms with Gasteiger partial charge in [0.15, 0.2) is 0 Å². The van der Waals surface area contributed by atoms with Gasteiger partial charge in [0.25, 0.3) is 0 Å². The average Bonchev–Trinajstić information content (AvgIpc) is 1.81. The second-order valence-corrected chi connectivity index (χ2v) is 2.90. The highest BCUT2D eigenvalue weighted by atomic mass is 32.2. The van der Waals surface area contributed by atoms with Crippen molar-refractivity contribution < 1.29 is 40.8 Å². The third-order valence-corrected chi connectivity index (χ3v) is 1.32. The number of halogens is 3. The average molecular weight is 210 g/mol. The van der Waals surface area contributed by atoms with Gasteiger partial charge in [0.1, 0.15) is 0 Å². The second kappa shape index (κ2) is 3.57. The summed E-state index contributed by atoms with van der Waals surface area (Å²) in [6.07, 6.45) is 0. The summed E-state index contributed by atoms with van der Waals surface area (Å²) < 4.78 is 56.4. The molecule has 0 spiro atoms. The first-order valence-corrected chi connectivity index (χ1v) is 3.60. The van der Waals surface area contributed by atoms with Crippen LogP contribution in [0.1, 0.15) is 0 Å². The second-order valence-electron chi connectivity index (χ2n) is 1.39. The molecule has 0 saturated heterocycles. The van der Waals surface area contributed by atoms with Gasteiger partial charge in [0, 0.05) is 0 Å². The summed E-state index contributed by atoms with van der Waals surface area (Å²) in [4.78, 5) is 2.94. The molecule has 6 nitrogen and oxygen atoms in total. The molecule has 0 bridgehead atoms. The molecule has 0 aliphatic rings. The van der Waals surface area contributed by atoms with E-state index in [9.17, 15) is 21.6 Å². The van der Waals surface area contributed by atoms with Crippen LogP contribution in [0.4, 0.5) is 13.2 Å². The molecule has 72 valence electrons. The summed E-state index contributed by atoms with van der Waals surface area (Å²) >= 11 is 0.